The molecule has 0 radical (unpaired) electrons. The number of hydrogen-bond acceptors (Lipinski definition) is 3. The highest BCUT2D eigenvalue weighted by Gasteiger charge is 2.11. The highest BCUT2D eigenvalue weighted by molar-refractivity contribution is 5.29. The van der Waals surface area contributed by atoms with Gasteiger partial charge in [0.25, 0.3) is 0 Å². The minimum atomic E-state index is -1.01. The fourth-order valence-electron chi connectivity index (χ4n) is 4.17. The summed E-state index contributed by atoms with van der Waals surface area (Å²) in [5.41, 5.74) is 4.02. The van der Waals surface area contributed by atoms with Crippen LogP contribution in [0, 0.1) is 0 Å². The van der Waals surface area contributed by atoms with Gasteiger partial charge in [0, 0.05) is 38.9 Å². The van der Waals surface area contributed by atoms with Crippen LogP contribution in [0.4, 0.5) is 8.78 Å². The van der Waals surface area contributed by atoms with Crippen LogP contribution in [0.3, 0.4) is 0 Å². The maximum absolute atomic E-state index is 14.4. The second-order valence-corrected chi connectivity index (χ2v) is 9.63. The molecule has 0 aromatic heterocycles. The first-order valence-electron chi connectivity index (χ1n) is 13.5. The molecule has 0 spiro atoms. The Morgan fingerprint density at radius 3 is 1.23 bits per heavy atom. The molecule has 4 aromatic rings. The van der Waals surface area contributed by atoms with Gasteiger partial charge in [-0.05, 0) is 46.5 Å². The number of rotatable bonds is 16. The minimum Gasteiger partial charge on any atom is -0.489 e. The topological polar surface area (TPSA) is 27.7 Å². The molecule has 5 heteroatoms. The first-order valence-corrected chi connectivity index (χ1v) is 13.5. The van der Waals surface area contributed by atoms with E-state index in [4.69, 9.17) is 14.2 Å². The Morgan fingerprint density at radius 2 is 0.846 bits per heavy atom. The molecule has 0 bridgehead atoms. The molecule has 4 rings (SSSR count). The van der Waals surface area contributed by atoms with Crippen LogP contribution in [0.15, 0.2) is 109 Å². The van der Waals surface area contributed by atoms with Crippen molar-refractivity contribution in [2.75, 3.05) is 13.2 Å². The molecular weight excluding hydrogens is 494 g/mol. The SMILES string of the molecule is F[C@H](CCOCC[C@@H](F)Cc1ccc(OCc2ccccc2)cc1)Cc1ccc(OCc2ccccc2)cc1. The first kappa shape index (κ1) is 28.3. The Labute approximate surface area is 230 Å². The maximum Gasteiger partial charge on any atom is 0.119 e. The summed E-state index contributed by atoms with van der Waals surface area (Å²) in [5, 5.41) is 0. The van der Waals surface area contributed by atoms with Crippen molar-refractivity contribution in [3.8, 4) is 11.5 Å². The van der Waals surface area contributed by atoms with E-state index in [1.165, 1.54) is 0 Å². The molecule has 0 saturated heterocycles. The third-order valence-electron chi connectivity index (χ3n) is 6.41. The van der Waals surface area contributed by atoms with Crippen molar-refractivity contribution in [1.29, 1.82) is 0 Å². The Morgan fingerprint density at radius 1 is 0.462 bits per heavy atom. The Kier molecular flexibility index (Phi) is 11.4. The standard InChI is InChI=1S/C34H36F2O3/c35-31(23-27-11-15-33(16-12-27)38-25-29-7-3-1-4-8-29)19-21-37-22-20-32(36)24-28-13-17-34(18-14-28)39-26-30-9-5-2-6-10-30/h1-18,31-32H,19-26H2/t31-,32-/m1/s1. The second kappa shape index (κ2) is 15.6. The third kappa shape index (κ3) is 10.5. The van der Waals surface area contributed by atoms with Crippen molar-refractivity contribution in [2.45, 2.75) is 51.2 Å². The quantitative estimate of drug-likeness (QED) is 0.137. The first-order chi connectivity index (χ1) is 19.1. The van der Waals surface area contributed by atoms with Gasteiger partial charge in [-0.15, -0.1) is 0 Å². The van der Waals surface area contributed by atoms with Crippen molar-refractivity contribution >= 4 is 0 Å². The molecule has 0 heterocycles. The predicted octanol–water partition coefficient (Wildman–Crippen LogP) is 8.10. The number of ether oxygens (including phenoxy) is 3. The molecule has 0 aliphatic carbocycles. The molecule has 4 aromatic carbocycles. The van der Waals surface area contributed by atoms with Crippen LogP contribution in [0.2, 0.25) is 0 Å². The molecule has 39 heavy (non-hydrogen) atoms. The van der Waals surface area contributed by atoms with E-state index in [2.05, 4.69) is 0 Å². The molecule has 3 nitrogen and oxygen atoms in total. The number of benzene rings is 4. The average molecular weight is 531 g/mol. The second-order valence-electron chi connectivity index (χ2n) is 9.63. The number of hydrogen-bond donors (Lipinski definition) is 0. The fourth-order valence-corrected chi connectivity index (χ4v) is 4.17. The van der Waals surface area contributed by atoms with E-state index in [1.807, 2.05) is 109 Å². The van der Waals surface area contributed by atoms with Gasteiger partial charge in [-0.1, -0.05) is 84.9 Å². The van der Waals surface area contributed by atoms with Gasteiger partial charge < -0.3 is 14.2 Å². The van der Waals surface area contributed by atoms with Gasteiger partial charge in [0.2, 0.25) is 0 Å². The molecule has 0 saturated carbocycles. The summed E-state index contributed by atoms with van der Waals surface area (Å²) < 4.78 is 45.9. The van der Waals surface area contributed by atoms with Gasteiger partial charge in [0.1, 0.15) is 37.1 Å². The lowest BCUT2D eigenvalue weighted by Gasteiger charge is -2.12. The van der Waals surface area contributed by atoms with E-state index in [-0.39, 0.29) is 26.1 Å². The Bertz CT molecular complexity index is 1100. The minimum absolute atomic E-state index is 0.277. The van der Waals surface area contributed by atoms with Crippen molar-refractivity contribution in [3.05, 3.63) is 131 Å². The monoisotopic (exact) mass is 530 g/mol. The molecule has 0 amide bonds. The van der Waals surface area contributed by atoms with Crippen LogP contribution < -0.4 is 9.47 Å². The lowest BCUT2D eigenvalue weighted by atomic mass is 10.1. The zero-order chi connectivity index (χ0) is 27.1. The molecule has 204 valence electrons. The zero-order valence-corrected chi connectivity index (χ0v) is 22.2. The van der Waals surface area contributed by atoms with Crippen LogP contribution in [0.1, 0.15) is 35.1 Å². The third-order valence-corrected chi connectivity index (χ3v) is 6.41. The normalized spacial score (nSPS) is 12.6. The zero-order valence-electron chi connectivity index (χ0n) is 22.2. The number of alkyl halides is 2. The molecule has 0 unspecified atom stereocenters. The fraction of sp³-hybridized carbons (Fsp3) is 0.294. The summed E-state index contributed by atoms with van der Waals surface area (Å²) in [4.78, 5) is 0. The predicted molar refractivity (Wildman–Crippen MR) is 152 cm³/mol. The highest BCUT2D eigenvalue weighted by atomic mass is 19.1. The number of halogens is 2. The lowest BCUT2D eigenvalue weighted by Crippen LogP contribution is -2.12. The van der Waals surface area contributed by atoms with Crippen molar-refractivity contribution in [1.82, 2.24) is 0 Å². The Balaban J connectivity index is 1.06. The average Bonchev–Trinajstić information content (AvgIpc) is 2.97. The van der Waals surface area contributed by atoms with Crippen molar-refractivity contribution < 1.29 is 23.0 Å². The van der Waals surface area contributed by atoms with Crippen LogP contribution in [0.5, 0.6) is 11.5 Å². The van der Waals surface area contributed by atoms with Gasteiger partial charge >= 0.3 is 0 Å². The summed E-state index contributed by atoms with van der Waals surface area (Å²) in [6.45, 7) is 1.55. The van der Waals surface area contributed by atoms with Crippen molar-refractivity contribution in [2.24, 2.45) is 0 Å². The van der Waals surface area contributed by atoms with E-state index in [1.54, 1.807) is 0 Å². The van der Waals surface area contributed by atoms with Crippen LogP contribution in [0.25, 0.3) is 0 Å². The largest absolute Gasteiger partial charge is 0.489 e. The van der Waals surface area contributed by atoms with Gasteiger partial charge in [-0.3, -0.25) is 0 Å². The van der Waals surface area contributed by atoms with E-state index in [0.29, 0.717) is 26.1 Å². The highest BCUT2D eigenvalue weighted by Crippen LogP contribution is 2.18. The van der Waals surface area contributed by atoms with E-state index < -0.39 is 12.3 Å². The summed E-state index contributed by atoms with van der Waals surface area (Å²) in [7, 11) is 0. The smallest absolute Gasteiger partial charge is 0.119 e. The molecular formula is C34H36F2O3. The Hall–Kier alpha value is -3.70. The van der Waals surface area contributed by atoms with Crippen LogP contribution in [-0.2, 0) is 30.8 Å². The molecule has 0 N–H and O–H groups in total. The van der Waals surface area contributed by atoms with Crippen LogP contribution in [-0.4, -0.2) is 25.6 Å². The summed E-state index contributed by atoms with van der Waals surface area (Å²) in [5.74, 6) is 1.52. The van der Waals surface area contributed by atoms with Gasteiger partial charge in [-0.2, -0.15) is 0 Å². The van der Waals surface area contributed by atoms with Gasteiger partial charge in [-0.25, -0.2) is 8.78 Å². The van der Waals surface area contributed by atoms with E-state index in [0.717, 1.165) is 33.8 Å². The van der Waals surface area contributed by atoms with E-state index >= 15 is 0 Å². The maximum atomic E-state index is 14.4. The molecule has 2 atom stereocenters. The lowest BCUT2D eigenvalue weighted by molar-refractivity contribution is 0.0940. The summed E-state index contributed by atoms with van der Waals surface area (Å²) in [6, 6.07) is 35.0. The molecule has 0 aliphatic rings. The van der Waals surface area contributed by atoms with Gasteiger partial charge in [0.05, 0.1) is 0 Å². The summed E-state index contributed by atoms with van der Waals surface area (Å²) >= 11 is 0. The molecule has 0 aliphatic heterocycles. The van der Waals surface area contributed by atoms with Crippen LogP contribution >= 0.6 is 0 Å². The van der Waals surface area contributed by atoms with E-state index in [9.17, 15) is 8.78 Å². The van der Waals surface area contributed by atoms with Gasteiger partial charge in [0.15, 0.2) is 0 Å². The molecule has 0 fully saturated rings. The van der Waals surface area contributed by atoms with Crippen molar-refractivity contribution in [3.63, 3.8) is 0 Å². The summed E-state index contributed by atoms with van der Waals surface area (Å²) in [6.07, 6.45) is -0.811.